The molecule has 0 aromatic heterocycles. The molecular formula is C72H116N2NiO2. The minimum Gasteiger partial charge on any atom is -0.873 e. The zero-order valence-corrected chi connectivity index (χ0v) is 52.1. The number of hydrogen-bond acceptors (Lipinski definition) is 4. The standard InChI is InChI=1S/C63H106N2.C9H12O2.Ni/c1-7-13-19-21-23-24-25-26-27-28-29-30-31-32-33-34-35-37-43-49-63(65-61-54-58(46-40-17-11-5)51-59(55-61)47-41-18-12-6)62(48-42-36-22-20-14-8-2)64-60-52-56(44-38-15-9-3)50-57(53-60)45-39-16-10-4;1-2-3-7-4-5-8(10)9(11)6-7;/h50-55H,7-42,44-48H2,1-6H3;4-6,10-11H,2-3H2,1H3;/q;;+2/p-2. The van der Waals surface area contributed by atoms with Gasteiger partial charge in [-0.3, -0.25) is 4.99 Å². The van der Waals surface area contributed by atoms with Crippen LogP contribution in [-0.4, -0.2) is 11.4 Å². The van der Waals surface area contributed by atoms with Crippen molar-refractivity contribution in [3.63, 3.8) is 0 Å². The molecule has 436 valence electrons. The van der Waals surface area contributed by atoms with Crippen molar-refractivity contribution in [1.29, 1.82) is 0 Å². The Balaban J connectivity index is 0.00000218. The maximum Gasteiger partial charge on any atom is 2.00 e. The molecule has 0 radical (unpaired) electrons. The SMILES string of the molecule is CCCCCCCCCCCCCCCCCCCC#CC(=Nc1cc(CCCCC)cc(CCCCC)c1)C(CCCCCCCC)=Nc1cc(CCCCC)cc(CCCCC)c1.CCCc1ccc([O-])c([O-])c1.[Ni+2]. The van der Waals surface area contributed by atoms with E-state index in [1.165, 1.54) is 253 Å². The third-order valence-electron chi connectivity index (χ3n) is 15.1. The molecule has 77 heavy (non-hydrogen) atoms. The summed E-state index contributed by atoms with van der Waals surface area (Å²) in [4.78, 5) is 11.2. The van der Waals surface area contributed by atoms with Gasteiger partial charge in [0.05, 0.1) is 17.1 Å². The minimum atomic E-state index is -0.412. The fourth-order valence-corrected chi connectivity index (χ4v) is 10.3. The van der Waals surface area contributed by atoms with Crippen molar-refractivity contribution >= 4 is 22.8 Å². The molecule has 0 saturated carbocycles. The van der Waals surface area contributed by atoms with Crippen LogP contribution < -0.4 is 10.2 Å². The molecule has 0 spiro atoms. The second-order valence-corrected chi connectivity index (χ2v) is 22.6. The van der Waals surface area contributed by atoms with Crippen LogP contribution in [0.15, 0.2) is 64.6 Å². The molecule has 3 rings (SSSR count). The molecule has 0 amide bonds. The van der Waals surface area contributed by atoms with Gasteiger partial charge in [0.1, 0.15) is 5.71 Å². The average molecular weight is 1100 g/mol. The van der Waals surface area contributed by atoms with Crippen LogP contribution in [0.4, 0.5) is 11.4 Å². The molecule has 0 atom stereocenters. The zero-order valence-electron chi connectivity index (χ0n) is 51.1. The molecule has 0 aliphatic carbocycles. The molecule has 5 heteroatoms. The molecule has 0 bridgehead atoms. The van der Waals surface area contributed by atoms with Gasteiger partial charge in [0, 0.05) is 6.42 Å². The fraction of sp³-hybridized carbons (Fsp3) is 0.694. The molecular weight excluding hydrogens is 983 g/mol. The second-order valence-electron chi connectivity index (χ2n) is 22.6. The number of unbranched alkanes of at least 4 members (excludes halogenated alkanes) is 30. The van der Waals surface area contributed by atoms with Gasteiger partial charge >= 0.3 is 16.5 Å². The molecule has 0 fully saturated rings. The van der Waals surface area contributed by atoms with Crippen LogP contribution in [0.25, 0.3) is 0 Å². The Labute approximate surface area is 487 Å². The molecule has 0 saturated heterocycles. The van der Waals surface area contributed by atoms with Crippen LogP contribution in [-0.2, 0) is 48.6 Å². The average Bonchev–Trinajstić information content (AvgIpc) is 3.41. The van der Waals surface area contributed by atoms with Crippen molar-refractivity contribution in [2.45, 2.75) is 325 Å². The molecule has 4 nitrogen and oxygen atoms in total. The first-order chi connectivity index (χ1) is 37.3. The van der Waals surface area contributed by atoms with Gasteiger partial charge in [0.2, 0.25) is 0 Å². The number of nitrogens with zero attached hydrogens (tertiary/aromatic N) is 2. The molecule has 0 aliphatic heterocycles. The summed E-state index contributed by atoms with van der Waals surface area (Å²) in [5, 5.41) is 21.5. The van der Waals surface area contributed by atoms with E-state index < -0.39 is 11.5 Å². The molecule has 3 aromatic carbocycles. The first-order valence-electron chi connectivity index (χ1n) is 32.7. The molecule has 0 heterocycles. The van der Waals surface area contributed by atoms with Gasteiger partial charge in [-0.05, 0) is 135 Å². The Morgan fingerprint density at radius 1 is 0.338 bits per heavy atom. The molecule has 0 N–H and O–H groups in total. The summed E-state index contributed by atoms with van der Waals surface area (Å²) < 4.78 is 0. The van der Waals surface area contributed by atoms with Crippen molar-refractivity contribution in [3.05, 3.63) is 82.4 Å². The van der Waals surface area contributed by atoms with Crippen molar-refractivity contribution in [3.8, 4) is 23.3 Å². The van der Waals surface area contributed by atoms with Crippen molar-refractivity contribution in [1.82, 2.24) is 0 Å². The summed E-state index contributed by atoms with van der Waals surface area (Å²) in [5.74, 6) is 6.61. The van der Waals surface area contributed by atoms with Crippen LogP contribution in [0.3, 0.4) is 0 Å². The third kappa shape index (κ3) is 38.0. The van der Waals surface area contributed by atoms with Gasteiger partial charge < -0.3 is 10.2 Å². The summed E-state index contributed by atoms with van der Waals surface area (Å²) in [6, 6.07) is 19.0. The van der Waals surface area contributed by atoms with Crippen LogP contribution in [0.2, 0.25) is 0 Å². The van der Waals surface area contributed by atoms with Gasteiger partial charge in [-0.15, -0.1) is 11.5 Å². The fourth-order valence-electron chi connectivity index (χ4n) is 10.3. The summed E-state index contributed by atoms with van der Waals surface area (Å²) in [5.41, 5.74) is 10.9. The van der Waals surface area contributed by atoms with E-state index in [9.17, 15) is 10.2 Å². The number of hydrogen-bond donors (Lipinski definition) is 0. The predicted octanol–water partition coefficient (Wildman–Crippen LogP) is 22.0. The van der Waals surface area contributed by atoms with Crippen LogP contribution >= 0.6 is 0 Å². The van der Waals surface area contributed by atoms with Gasteiger partial charge in [-0.25, -0.2) is 4.99 Å². The number of aryl methyl sites for hydroxylation is 5. The first kappa shape index (κ1) is 71.7. The Kier molecular flexibility index (Phi) is 47.3. The van der Waals surface area contributed by atoms with Crippen molar-refractivity contribution in [2.75, 3.05) is 0 Å². The molecule has 0 aliphatic rings. The molecule has 0 unspecified atom stereocenters. The zero-order chi connectivity index (χ0) is 54.9. The largest absolute Gasteiger partial charge is 2.00 e. The summed E-state index contributed by atoms with van der Waals surface area (Å²) in [6.45, 7) is 15.9. The maximum absolute atomic E-state index is 10.8. The minimum absolute atomic E-state index is 0. The van der Waals surface area contributed by atoms with Gasteiger partial charge in [0.15, 0.2) is 0 Å². The number of aliphatic imine (C=N–C) groups is 2. The smallest absolute Gasteiger partial charge is 0.873 e. The van der Waals surface area contributed by atoms with Crippen molar-refractivity contribution in [2.24, 2.45) is 9.98 Å². The van der Waals surface area contributed by atoms with Gasteiger partial charge in [-0.1, -0.05) is 277 Å². The van der Waals surface area contributed by atoms with Gasteiger partial charge in [0.25, 0.3) is 0 Å². The van der Waals surface area contributed by atoms with E-state index >= 15 is 0 Å². The summed E-state index contributed by atoms with van der Waals surface area (Å²) >= 11 is 0. The van der Waals surface area contributed by atoms with E-state index in [0.717, 1.165) is 86.1 Å². The Morgan fingerprint density at radius 3 is 1.06 bits per heavy atom. The number of rotatable bonds is 45. The van der Waals surface area contributed by atoms with Crippen LogP contribution in [0, 0.1) is 11.8 Å². The van der Waals surface area contributed by atoms with E-state index in [1.807, 2.05) is 6.92 Å². The van der Waals surface area contributed by atoms with Crippen LogP contribution in [0.5, 0.6) is 11.5 Å². The monoisotopic (exact) mass is 1100 g/mol. The summed E-state index contributed by atoms with van der Waals surface area (Å²) in [7, 11) is 0. The maximum atomic E-state index is 10.8. The van der Waals surface area contributed by atoms with E-state index in [4.69, 9.17) is 9.98 Å². The number of benzene rings is 3. The first-order valence-corrected chi connectivity index (χ1v) is 32.7. The Morgan fingerprint density at radius 2 is 0.688 bits per heavy atom. The normalized spacial score (nSPS) is 11.5. The third-order valence-corrected chi connectivity index (χ3v) is 15.1. The Hall–Kier alpha value is -3.35. The van der Waals surface area contributed by atoms with E-state index in [-0.39, 0.29) is 16.5 Å². The topological polar surface area (TPSA) is 70.8 Å². The quantitative estimate of drug-likeness (QED) is 0.0245. The van der Waals surface area contributed by atoms with E-state index in [1.54, 1.807) is 6.07 Å². The van der Waals surface area contributed by atoms with E-state index in [0.29, 0.717) is 0 Å². The van der Waals surface area contributed by atoms with Crippen LogP contribution in [0.1, 0.15) is 320 Å². The van der Waals surface area contributed by atoms with Gasteiger partial charge in [-0.2, -0.15) is 0 Å². The Bertz CT molecular complexity index is 1930. The van der Waals surface area contributed by atoms with Crippen molar-refractivity contribution < 1.29 is 26.7 Å². The molecule has 3 aromatic rings. The second kappa shape index (κ2) is 50.8. The summed E-state index contributed by atoms with van der Waals surface area (Å²) in [6.07, 6.45) is 54.8. The van der Waals surface area contributed by atoms with E-state index in [2.05, 4.69) is 89.8 Å². The predicted molar refractivity (Wildman–Crippen MR) is 334 cm³/mol.